The van der Waals surface area contributed by atoms with Gasteiger partial charge in [-0.05, 0) is 43.3 Å². The molecule has 22 heavy (non-hydrogen) atoms. The van der Waals surface area contributed by atoms with Crippen LogP contribution in [-0.2, 0) is 13.9 Å². The van der Waals surface area contributed by atoms with Gasteiger partial charge in [-0.25, -0.2) is 0 Å². The van der Waals surface area contributed by atoms with Crippen LogP contribution in [0.4, 0.5) is 0 Å². The highest BCUT2D eigenvalue weighted by Gasteiger charge is 2.50. The summed E-state index contributed by atoms with van der Waals surface area (Å²) in [6.45, 7) is 17.2. The lowest BCUT2D eigenvalue weighted by molar-refractivity contribution is -0.116. The van der Waals surface area contributed by atoms with E-state index in [1.807, 2.05) is 0 Å². The number of rotatable bonds is 9. The van der Waals surface area contributed by atoms with E-state index in [1.54, 1.807) is 13.2 Å². The average molecular weight is 331 g/mol. The van der Waals surface area contributed by atoms with Crippen LogP contribution < -0.4 is 0 Å². The smallest absolute Gasteiger partial charge is 0.192 e. The minimum atomic E-state index is -1.85. The van der Waals surface area contributed by atoms with Gasteiger partial charge in [-0.3, -0.25) is 0 Å². The van der Waals surface area contributed by atoms with Gasteiger partial charge in [0.05, 0.1) is 18.3 Å². The van der Waals surface area contributed by atoms with Crippen molar-refractivity contribution in [3.63, 3.8) is 0 Å². The molecule has 0 heterocycles. The lowest BCUT2D eigenvalue weighted by Crippen LogP contribution is -2.47. The van der Waals surface area contributed by atoms with Gasteiger partial charge in [0.25, 0.3) is 0 Å². The molecule has 0 aliphatic heterocycles. The summed E-state index contributed by atoms with van der Waals surface area (Å²) in [6.07, 6.45) is 2.04. The molecule has 1 fully saturated rings. The quantitative estimate of drug-likeness (QED) is 0.399. The first-order chi connectivity index (χ1) is 10.0. The lowest BCUT2D eigenvalue weighted by Gasteiger charge is -2.40. The minimum absolute atomic E-state index is 0.0111. The Morgan fingerprint density at radius 2 is 1.91 bits per heavy atom. The van der Waals surface area contributed by atoms with Crippen molar-refractivity contribution in [1.82, 2.24) is 0 Å². The van der Waals surface area contributed by atoms with Crippen molar-refractivity contribution < 1.29 is 19.0 Å². The van der Waals surface area contributed by atoms with Gasteiger partial charge in [0.15, 0.2) is 8.32 Å². The molecule has 1 aliphatic carbocycles. The topological polar surface area (TPSA) is 47.9 Å². The maximum atomic E-state index is 9.95. The third-order valence-electron chi connectivity index (χ3n) is 5.12. The zero-order valence-corrected chi connectivity index (χ0v) is 16.3. The molecule has 5 atom stereocenters. The van der Waals surface area contributed by atoms with E-state index in [0.29, 0.717) is 5.92 Å². The molecule has 0 amide bonds. The number of hydrogen-bond acceptors (Lipinski definition) is 4. The lowest BCUT2D eigenvalue weighted by atomic mass is 10.1. The van der Waals surface area contributed by atoms with Gasteiger partial charge in [-0.1, -0.05) is 26.8 Å². The molecule has 0 aromatic heterocycles. The summed E-state index contributed by atoms with van der Waals surface area (Å²) >= 11 is 0. The number of methoxy groups -OCH3 is 1. The van der Waals surface area contributed by atoms with Crippen molar-refractivity contribution in [2.75, 3.05) is 13.9 Å². The Labute approximate surface area is 137 Å². The number of aliphatic hydroxyl groups is 1. The molecular formula is C17H34O4Si. The maximum Gasteiger partial charge on any atom is 0.192 e. The van der Waals surface area contributed by atoms with Crippen molar-refractivity contribution in [2.24, 2.45) is 11.8 Å². The summed E-state index contributed by atoms with van der Waals surface area (Å²) in [5, 5.41) is 10.1. The minimum Gasteiger partial charge on any atom is -0.412 e. The number of aliphatic hydroxyl groups excluding tert-OH is 1. The first-order valence-corrected chi connectivity index (χ1v) is 11.0. The van der Waals surface area contributed by atoms with Crippen molar-refractivity contribution in [1.29, 1.82) is 0 Å². The van der Waals surface area contributed by atoms with Crippen LogP contribution in [0.2, 0.25) is 18.1 Å². The second-order valence-corrected chi connectivity index (χ2v) is 12.7. The Kier molecular flexibility index (Phi) is 6.83. The van der Waals surface area contributed by atoms with Crippen LogP contribution in [0.5, 0.6) is 0 Å². The predicted octanol–water partition coefficient (Wildman–Crippen LogP) is 3.57. The molecule has 0 spiro atoms. The van der Waals surface area contributed by atoms with Crippen LogP contribution >= 0.6 is 0 Å². The fourth-order valence-corrected chi connectivity index (χ4v) is 4.06. The summed E-state index contributed by atoms with van der Waals surface area (Å²) < 4.78 is 17.4. The molecule has 1 aliphatic rings. The summed E-state index contributed by atoms with van der Waals surface area (Å²) in [5.41, 5.74) is 0. The first kappa shape index (κ1) is 19.8. The van der Waals surface area contributed by atoms with Gasteiger partial charge in [0, 0.05) is 7.11 Å². The van der Waals surface area contributed by atoms with Gasteiger partial charge in [-0.2, -0.15) is 0 Å². The van der Waals surface area contributed by atoms with Crippen LogP contribution in [0, 0.1) is 11.8 Å². The molecule has 1 saturated carbocycles. The van der Waals surface area contributed by atoms with Crippen LogP contribution in [0.25, 0.3) is 0 Å². The van der Waals surface area contributed by atoms with Crippen molar-refractivity contribution in [3.8, 4) is 0 Å². The van der Waals surface area contributed by atoms with E-state index in [4.69, 9.17) is 13.9 Å². The normalized spacial score (nSPS) is 26.4. The average Bonchev–Trinajstić information content (AvgIpc) is 3.16. The molecule has 0 unspecified atom stereocenters. The standard InChI is InChI=1S/C17H34O4Si/c1-9-15(18)13-10-14(13)16(20-11-19-6)12(2)21-22(7,8)17(3,4)5/h9,12-16,18H,1,10-11H2,2-8H3/t12-,13+,14+,15-,16+/m1/s1. The molecule has 0 aromatic rings. The zero-order chi connectivity index (χ0) is 17.1. The Hall–Kier alpha value is -0.203. The number of hydrogen-bond donors (Lipinski definition) is 1. The van der Waals surface area contributed by atoms with Crippen molar-refractivity contribution >= 4 is 8.32 Å². The second kappa shape index (κ2) is 7.58. The molecule has 0 bridgehead atoms. The van der Waals surface area contributed by atoms with Crippen LogP contribution in [0.15, 0.2) is 12.7 Å². The van der Waals surface area contributed by atoms with Crippen LogP contribution in [0.3, 0.4) is 0 Å². The third-order valence-corrected chi connectivity index (χ3v) is 9.69. The largest absolute Gasteiger partial charge is 0.412 e. The highest BCUT2D eigenvalue weighted by Crippen LogP contribution is 2.47. The molecule has 0 saturated heterocycles. The summed E-state index contributed by atoms with van der Waals surface area (Å²) in [6, 6.07) is 0. The van der Waals surface area contributed by atoms with Gasteiger partial charge in [0.1, 0.15) is 6.79 Å². The van der Waals surface area contributed by atoms with E-state index in [1.165, 1.54) is 0 Å². The van der Waals surface area contributed by atoms with E-state index in [-0.39, 0.29) is 30.0 Å². The van der Waals surface area contributed by atoms with Crippen LogP contribution in [-0.4, -0.2) is 45.6 Å². The molecule has 0 radical (unpaired) electrons. The van der Waals surface area contributed by atoms with Crippen molar-refractivity contribution in [2.45, 2.75) is 70.6 Å². The van der Waals surface area contributed by atoms with E-state index in [0.717, 1.165) is 6.42 Å². The monoisotopic (exact) mass is 330 g/mol. The highest BCUT2D eigenvalue weighted by molar-refractivity contribution is 6.74. The fraction of sp³-hybridized carbons (Fsp3) is 0.882. The predicted molar refractivity (Wildman–Crippen MR) is 92.3 cm³/mol. The maximum absolute atomic E-state index is 9.95. The molecule has 1 rings (SSSR count). The number of ether oxygens (including phenoxy) is 2. The second-order valence-electron chi connectivity index (χ2n) is 7.91. The van der Waals surface area contributed by atoms with Gasteiger partial charge >= 0.3 is 0 Å². The molecule has 4 nitrogen and oxygen atoms in total. The Morgan fingerprint density at radius 3 is 2.36 bits per heavy atom. The van der Waals surface area contributed by atoms with E-state index in [2.05, 4.69) is 47.4 Å². The Bertz CT molecular complexity index is 364. The molecule has 5 heteroatoms. The van der Waals surface area contributed by atoms with Gasteiger partial charge in [0.2, 0.25) is 0 Å². The summed E-state index contributed by atoms with van der Waals surface area (Å²) in [5.74, 6) is 0.535. The fourth-order valence-electron chi connectivity index (χ4n) is 2.64. The SMILES string of the molecule is C=C[C@@H](O)[C@H]1C[C@@H]1[C@@H](OCOC)[C@@H](C)O[Si](C)(C)C(C)(C)C. The molecular weight excluding hydrogens is 296 g/mol. The van der Waals surface area contributed by atoms with Crippen molar-refractivity contribution in [3.05, 3.63) is 12.7 Å². The molecule has 1 N–H and O–H groups in total. The van der Waals surface area contributed by atoms with E-state index in [9.17, 15) is 5.11 Å². The zero-order valence-electron chi connectivity index (χ0n) is 15.3. The highest BCUT2D eigenvalue weighted by atomic mass is 28.4. The summed E-state index contributed by atoms with van der Waals surface area (Å²) in [4.78, 5) is 0. The van der Waals surface area contributed by atoms with E-state index >= 15 is 0 Å². The summed E-state index contributed by atoms with van der Waals surface area (Å²) in [7, 11) is -0.225. The van der Waals surface area contributed by atoms with Crippen LogP contribution in [0.1, 0.15) is 34.1 Å². The first-order valence-electron chi connectivity index (χ1n) is 8.14. The third kappa shape index (κ3) is 4.90. The molecule has 0 aromatic carbocycles. The Balaban J connectivity index is 2.74. The van der Waals surface area contributed by atoms with Gasteiger partial charge < -0.3 is 19.0 Å². The Morgan fingerprint density at radius 1 is 1.32 bits per heavy atom. The van der Waals surface area contributed by atoms with Gasteiger partial charge in [-0.15, -0.1) is 6.58 Å². The molecule has 130 valence electrons. The van der Waals surface area contributed by atoms with E-state index < -0.39 is 14.4 Å².